The molecule has 3 heterocycles. The van der Waals surface area contributed by atoms with E-state index in [1.165, 1.54) is 42.6 Å². The van der Waals surface area contributed by atoms with Crippen LogP contribution in [0.1, 0.15) is 37.1 Å². The number of piperidine rings is 1. The molecule has 0 amide bonds. The van der Waals surface area contributed by atoms with Crippen LogP contribution in [0.4, 0.5) is 0 Å². The Kier molecular flexibility index (Phi) is 2.28. The molecule has 1 aromatic carbocycles. The van der Waals surface area contributed by atoms with E-state index in [0.29, 0.717) is 6.04 Å². The van der Waals surface area contributed by atoms with Crippen LogP contribution in [0, 0.1) is 5.92 Å². The largest absolute Gasteiger partial charge is 0.459 e. The third kappa shape index (κ3) is 1.45. The molecule has 2 aromatic rings. The Morgan fingerprint density at radius 2 is 2.11 bits per heavy atom. The summed E-state index contributed by atoms with van der Waals surface area (Å²) >= 11 is 0. The minimum atomic E-state index is 0.532. The molecule has 94 valence electrons. The Morgan fingerprint density at radius 3 is 3.06 bits per heavy atom. The zero-order valence-corrected chi connectivity index (χ0v) is 10.9. The summed E-state index contributed by atoms with van der Waals surface area (Å²) in [4.78, 5) is 2.62. The minimum Gasteiger partial charge on any atom is -0.459 e. The second-order valence-corrected chi connectivity index (χ2v) is 5.87. The van der Waals surface area contributed by atoms with Crippen LogP contribution in [0.2, 0.25) is 0 Å². The molecule has 1 aromatic heterocycles. The van der Waals surface area contributed by atoms with Gasteiger partial charge in [-0.3, -0.25) is 4.90 Å². The van der Waals surface area contributed by atoms with Crippen LogP contribution in [-0.2, 0) is 6.42 Å². The summed E-state index contributed by atoms with van der Waals surface area (Å²) in [5.74, 6) is 2.08. The molecule has 1 saturated heterocycles. The van der Waals surface area contributed by atoms with Crippen molar-refractivity contribution < 1.29 is 4.42 Å². The quantitative estimate of drug-likeness (QED) is 0.698. The first-order valence-electron chi connectivity index (χ1n) is 7.07. The minimum absolute atomic E-state index is 0.532. The van der Waals surface area contributed by atoms with Crippen LogP contribution < -0.4 is 0 Å². The second-order valence-electron chi connectivity index (χ2n) is 5.87. The maximum atomic E-state index is 6.17. The Hall–Kier alpha value is -1.28. The Bertz CT molecular complexity index is 586. The van der Waals surface area contributed by atoms with Gasteiger partial charge >= 0.3 is 0 Å². The van der Waals surface area contributed by atoms with Gasteiger partial charge in [0.25, 0.3) is 0 Å². The van der Waals surface area contributed by atoms with E-state index in [-0.39, 0.29) is 0 Å². The van der Waals surface area contributed by atoms with E-state index in [2.05, 4.69) is 36.1 Å². The van der Waals surface area contributed by atoms with Crippen LogP contribution >= 0.6 is 0 Å². The lowest BCUT2D eigenvalue weighted by Gasteiger charge is -2.40. The summed E-state index contributed by atoms with van der Waals surface area (Å²) in [5.41, 5.74) is 2.54. The van der Waals surface area contributed by atoms with Gasteiger partial charge in [-0.25, -0.2) is 0 Å². The number of nitrogens with zero attached hydrogens (tertiary/aromatic N) is 1. The van der Waals surface area contributed by atoms with E-state index in [4.69, 9.17) is 4.42 Å². The zero-order chi connectivity index (χ0) is 12.1. The maximum absolute atomic E-state index is 6.17. The number of rotatable bonds is 0. The predicted molar refractivity (Wildman–Crippen MR) is 72.6 cm³/mol. The van der Waals surface area contributed by atoms with E-state index in [9.17, 15) is 0 Å². The lowest BCUT2D eigenvalue weighted by Crippen LogP contribution is -2.40. The molecule has 0 N–H and O–H groups in total. The molecule has 0 spiro atoms. The van der Waals surface area contributed by atoms with E-state index in [1.54, 1.807) is 0 Å². The topological polar surface area (TPSA) is 16.4 Å². The van der Waals surface area contributed by atoms with Gasteiger partial charge in [0.15, 0.2) is 0 Å². The van der Waals surface area contributed by atoms with Crippen molar-refractivity contribution in [1.82, 2.24) is 4.90 Å². The van der Waals surface area contributed by atoms with Crippen LogP contribution in [-0.4, -0.2) is 18.0 Å². The molecule has 0 radical (unpaired) electrons. The summed E-state index contributed by atoms with van der Waals surface area (Å²) in [6.07, 6.45) is 3.75. The number of fused-ring (bicyclic) bond motifs is 5. The monoisotopic (exact) mass is 241 g/mol. The van der Waals surface area contributed by atoms with Gasteiger partial charge in [-0.15, -0.1) is 0 Å². The van der Waals surface area contributed by atoms with Crippen LogP contribution in [0.3, 0.4) is 0 Å². The summed E-state index contributed by atoms with van der Waals surface area (Å²) < 4.78 is 6.17. The van der Waals surface area contributed by atoms with E-state index < -0.39 is 0 Å². The van der Waals surface area contributed by atoms with Gasteiger partial charge in [0.05, 0.1) is 6.04 Å². The van der Waals surface area contributed by atoms with E-state index in [1.807, 2.05) is 0 Å². The molecule has 0 saturated carbocycles. The van der Waals surface area contributed by atoms with Crippen molar-refractivity contribution in [2.24, 2.45) is 5.92 Å². The Balaban J connectivity index is 1.86. The smallest absolute Gasteiger partial charge is 0.134 e. The van der Waals surface area contributed by atoms with Crippen molar-refractivity contribution in [2.45, 2.75) is 32.2 Å². The molecule has 0 bridgehead atoms. The first kappa shape index (κ1) is 10.6. The van der Waals surface area contributed by atoms with Gasteiger partial charge in [-0.1, -0.05) is 25.1 Å². The molecule has 2 aliphatic heterocycles. The summed E-state index contributed by atoms with van der Waals surface area (Å²) in [5, 5.41) is 1.34. The molecular weight excluding hydrogens is 222 g/mol. The Morgan fingerprint density at radius 1 is 1.22 bits per heavy atom. The average Bonchev–Trinajstić information content (AvgIpc) is 2.78. The number of hydrogen-bond acceptors (Lipinski definition) is 2. The fourth-order valence-corrected chi connectivity index (χ4v) is 3.63. The Labute approximate surface area is 108 Å². The third-order valence-electron chi connectivity index (χ3n) is 4.66. The molecule has 1 fully saturated rings. The van der Waals surface area contributed by atoms with Crippen LogP contribution in [0.15, 0.2) is 28.7 Å². The molecule has 4 rings (SSSR count). The average molecular weight is 241 g/mol. The van der Waals surface area contributed by atoms with Crippen molar-refractivity contribution >= 4 is 11.0 Å². The van der Waals surface area contributed by atoms with Gasteiger partial charge in [0, 0.05) is 17.5 Å². The standard InChI is InChI=1S/C16H19NO/c1-11-6-8-17-9-7-13-12-4-2-3-5-15(12)18-16(13)14(17)10-11/h2-5,11,14H,6-10H2,1H3/t11-,14?/m1/s1. The molecule has 2 atom stereocenters. The maximum Gasteiger partial charge on any atom is 0.134 e. The first-order chi connectivity index (χ1) is 8.83. The van der Waals surface area contributed by atoms with Gasteiger partial charge in [0.1, 0.15) is 11.3 Å². The molecule has 0 aliphatic carbocycles. The fourth-order valence-electron chi connectivity index (χ4n) is 3.63. The summed E-state index contributed by atoms with van der Waals surface area (Å²) in [6, 6.07) is 9.03. The number of para-hydroxylation sites is 1. The second kappa shape index (κ2) is 3.86. The summed E-state index contributed by atoms with van der Waals surface area (Å²) in [7, 11) is 0. The van der Waals surface area contributed by atoms with Crippen molar-refractivity contribution in [3.05, 3.63) is 35.6 Å². The van der Waals surface area contributed by atoms with Crippen molar-refractivity contribution in [3.8, 4) is 0 Å². The first-order valence-corrected chi connectivity index (χ1v) is 7.07. The van der Waals surface area contributed by atoms with Crippen molar-refractivity contribution in [2.75, 3.05) is 13.1 Å². The highest BCUT2D eigenvalue weighted by molar-refractivity contribution is 5.82. The van der Waals surface area contributed by atoms with Gasteiger partial charge in [0.2, 0.25) is 0 Å². The number of furan rings is 1. The highest BCUT2D eigenvalue weighted by atomic mass is 16.3. The predicted octanol–water partition coefficient (Wildman–Crippen LogP) is 3.76. The third-order valence-corrected chi connectivity index (χ3v) is 4.66. The lowest BCUT2D eigenvalue weighted by atomic mass is 9.86. The van der Waals surface area contributed by atoms with Gasteiger partial charge in [-0.05, 0) is 37.8 Å². The molecule has 2 heteroatoms. The molecule has 2 nitrogen and oxygen atoms in total. The highest BCUT2D eigenvalue weighted by Crippen LogP contribution is 2.42. The molecular formula is C16H19NO. The van der Waals surface area contributed by atoms with E-state index in [0.717, 1.165) is 17.9 Å². The normalized spacial score (nSPS) is 28.1. The van der Waals surface area contributed by atoms with E-state index >= 15 is 0 Å². The van der Waals surface area contributed by atoms with Gasteiger partial charge < -0.3 is 4.42 Å². The van der Waals surface area contributed by atoms with Crippen LogP contribution in [0.5, 0.6) is 0 Å². The van der Waals surface area contributed by atoms with Crippen LogP contribution in [0.25, 0.3) is 11.0 Å². The number of hydrogen-bond donors (Lipinski definition) is 0. The SMILES string of the molecule is C[C@@H]1CCN2CCc3c(oc4ccccc34)C2C1. The van der Waals surface area contributed by atoms with Gasteiger partial charge in [-0.2, -0.15) is 0 Å². The number of benzene rings is 1. The highest BCUT2D eigenvalue weighted by Gasteiger charge is 2.35. The zero-order valence-electron chi connectivity index (χ0n) is 10.9. The summed E-state index contributed by atoms with van der Waals surface area (Å²) in [6.45, 7) is 4.81. The fraction of sp³-hybridized carbons (Fsp3) is 0.500. The molecule has 18 heavy (non-hydrogen) atoms. The molecule has 1 unspecified atom stereocenters. The lowest BCUT2D eigenvalue weighted by molar-refractivity contribution is 0.0928. The van der Waals surface area contributed by atoms with Crippen molar-refractivity contribution in [3.63, 3.8) is 0 Å². The van der Waals surface area contributed by atoms with Crippen molar-refractivity contribution in [1.29, 1.82) is 0 Å². The molecule has 2 aliphatic rings.